The largest absolute Gasteiger partial charge is 0.381 e. The van der Waals surface area contributed by atoms with Crippen LogP contribution in [0.5, 0.6) is 0 Å². The minimum Gasteiger partial charge on any atom is -0.381 e. The summed E-state index contributed by atoms with van der Waals surface area (Å²) in [5.41, 5.74) is 7.12. The summed E-state index contributed by atoms with van der Waals surface area (Å²) in [6.45, 7) is 4.01. The number of hydrogen-bond acceptors (Lipinski definition) is 4. The number of nitrogen functional groups attached to an aromatic ring is 1. The Morgan fingerprint density at radius 3 is 2.50 bits per heavy atom. The zero-order valence-corrected chi connectivity index (χ0v) is 12.5. The summed E-state index contributed by atoms with van der Waals surface area (Å²) in [7, 11) is -2.12. The molecule has 6 nitrogen and oxygen atoms in total. The van der Waals surface area contributed by atoms with Crippen LogP contribution in [0.2, 0.25) is 0 Å². The van der Waals surface area contributed by atoms with Gasteiger partial charge in [0.05, 0.1) is 5.69 Å². The molecule has 0 amide bonds. The summed E-state index contributed by atoms with van der Waals surface area (Å²) in [5, 5.41) is 3.85. The Labute approximate surface area is 118 Å². The fourth-order valence-corrected chi connectivity index (χ4v) is 3.18. The number of hydrogen-bond donors (Lipinski definition) is 2. The van der Waals surface area contributed by atoms with Gasteiger partial charge in [0, 0.05) is 13.2 Å². The molecule has 0 saturated heterocycles. The van der Waals surface area contributed by atoms with Crippen molar-refractivity contribution in [3.8, 4) is 0 Å². The van der Waals surface area contributed by atoms with E-state index in [-0.39, 0.29) is 16.6 Å². The van der Waals surface area contributed by atoms with Crippen LogP contribution in [0.4, 0.5) is 11.5 Å². The molecule has 108 valence electrons. The van der Waals surface area contributed by atoms with E-state index in [4.69, 9.17) is 5.73 Å². The molecule has 0 aliphatic rings. The van der Waals surface area contributed by atoms with Gasteiger partial charge < -0.3 is 5.73 Å². The Kier molecular flexibility index (Phi) is 3.71. The van der Waals surface area contributed by atoms with Crippen molar-refractivity contribution in [3.63, 3.8) is 0 Å². The molecule has 20 heavy (non-hydrogen) atoms. The van der Waals surface area contributed by atoms with Gasteiger partial charge in [-0.15, -0.1) is 0 Å². The summed E-state index contributed by atoms with van der Waals surface area (Å²) in [6, 6.07) is 7.30. The van der Waals surface area contributed by atoms with Crippen LogP contribution in [-0.4, -0.2) is 18.2 Å². The van der Waals surface area contributed by atoms with E-state index in [1.807, 2.05) is 26.0 Å². The van der Waals surface area contributed by atoms with Crippen LogP contribution in [0, 0.1) is 0 Å². The summed E-state index contributed by atoms with van der Waals surface area (Å²) < 4.78 is 28.7. The second-order valence-electron chi connectivity index (χ2n) is 4.90. The lowest BCUT2D eigenvalue weighted by molar-refractivity contribution is 0.601. The standard InChI is InChI=1S/C13H18N4O2S/c1-9(2)10-6-4-5-7-11(10)16-20(18,19)12-8-17(3)15-13(12)14/h4-9,16H,1-3H3,(H2,14,15). The van der Waals surface area contributed by atoms with Crippen LogP contribution in [0.3, 0.4) is 0 Å². The molecule has 0 saturated carbocycles. The van der Waals surface area contributed by atoms with Crippen LogP contribution < -0.4 is 10.5 Å². The number of sulfonamides is 1. The van der Waals surface area contributed by atoms with Crippen molar-refractivity contribution in [1.82, 2.24) is 9.78 Å². The monoisotopic (exact) mass is 294 g/mol. The molecular formula is C13H18N4O2S. The van der Waals surface area contributed by atoms with Gasteiger partial charge in [-0.05, 0) is 17.5 Å². The molecule has 1 aromatic carbocycles. The van der Waals surface area contributed by atoms with Crippen LogP contribution in [0.1, 0.15) is 25.3 Å². The number of anilines is 2. The van der Waals surface area contributed by atoms with Gasteiger partial charge in [0.15, 0.2) is 5.82 Å². The Bertz CT molecular complexity index is 720. The molecule has 0 aliphatic heterocycles. The van der Waals surface area contributed by atoms with Crippen molar-refractivity contribution in [1.29, 1.82) is 0 Å². The maximum Gasteiger partial charge on any atom is 0.267 e. The fourth-order valence-electron chi connectivity index (χ4n) is 1.98. The highest BCUT2D eigenvalue weighted by Gasteiger charge is 2.22. The molecule has 0 unspecified atom stereocenters. The third-order valence-corrected chi connectivity index (χ3v) is 4.32. The Hall–Kier alpha value is -2.02. The van der Waals surface area contributed by atoms with E-state index in [1.165, 1.54) is 10.9 Å². The number of rotatable bonds is 4. The highest BCUT2D eigenvalue weighted by atomic mass is 32.2. The molecule has 0 bridgehead atoms. The van der Waals surface area contributed by atoms with Crippen molar-refractivity contribution in [2.45, 2.75) is 24.7 Å². The fraction of sp³-hybridized carbons (Fsp3) is 0.308. The van der Waals surface area contributed by atoms with Crippen LogP contribution in [-0.2, 0) is 17.1 Å². The molecular weight excluding hydrogens is 276 g/mol. The van der Waals surface area contributed by atoms with E-state index in [0.717, 1.165) is 5.56 Å². The van der Waals surface area contributed by atoms with Gasteiger partial charge in [-0.2, -0.15) is 5.10 Å². The molecule has 0 aliphatic carbocycles. The summed E-state index contributed by atoms with van der Waals surface area (Å²) in [4.78, 5) is -0.0152. The molecule has 2 aromatic rings. The number of para-hydroxylation sites is 1. The highest BCUT2D eigenvalue weighted by Crippen LogP contribution is 2.27. The van der Waals surface area contributed by atoms with E-state index in [1.54, 1.807) is 19.2 Å². The molecule has 0 spiro atoms. The van der Waals surface area contributed by atoms with Gasteiger partial charge >= 0.3 is 0 Å². The van der Waals surface area contributed by atoms with Crippen LogP contribution in [0.15, 0.2) is 35.4 Å². The predicted octanol–water partition coefficient (Wildman–Crippen LogP) is 1.93. The second kappa shape index (κ2) is 5.16. The van der Waals surface area contributed by atoms with E-state index >= 15 is 0 Å². The minimum atomic E-state index is -3.74. The number of nitrogens with zero attached hydrogens (tertiary/aromatic N) is 2. The van der Waals surface area contributed by atoms with Gasteiger partial charge in [0.1, 0.15) is 4.90 Å². The number of aryl methyl sites for hydroxylation is 1. The topological polar surface area (TPSA) is 90.0 Å². The van der Waals surface area contributed by atoms with Gasteiger partial charge in [-0.1, -0.05) is 32.0 Å². The number of nitrogens with one attached hydrogen (secondary N) is 1. The number of nitrogens with two attached hydrogens (primary N) is 1. The van der Waals surface area contributed by atoms with Crippen molar-refractivity contribution >= 4 is 21.5 Å². The van der Waals surface area contributed by atoms with Crippen molar-refractivity contribution in [3.05, 3.63) is 36.0 Å². The maximum atomic E-state index is 12.4. The first-order valence-electron chi connectivity index (χ1n) is 6.22. The zero-order chi connectivity index (χ0) is 14.9. The molecule has 2 rings (SSSR count). The quantitative estimate of drug-likeness (QED) is 0.901. The first-order chi connectivity index (χ1) is 9.31. The molecule has 0 radical (unpaired) electrons. The normalized spacial score (nSPS) is 11.8. The number of benzene rings is 1. The molecule has 1 heterocycles. The van der Waals surface area contributed by atoms with E-state index < -0.39 is 10.0 Å². The Balaban J connectivity index is 2.41. The van der Waals surface area contributed by atoms with Crippen molar-refractivity contribution in [2.24, 2.45) is 7.05 Å². The summed E-state index contributed by atoms with van der Waals surface area (Å²) in [5.74, 6) is 0.196. The molecule has 0 fully saturated rings. The van der Waals surface area contributed by atoms with Gasteiger partial charge in [-0.3, -0.25) is 9.40 Å². The summed E-state index contributed by atoms with van der Waals surface area (Å²) in [6.07, 6.45) is 1.38. The van der Waals surface area contributed by atoms with Crippen molar-refractivity contribution < 1.29 is 8.42 Å². The van der Waals surface area contributed by atoms with Crippen LogP contribution >= 0.6 is 0 Å². The van der Waals surface area contributed by atoms with E-state index in [0.29, 0.717) is 5.69 Å². The smallest absolute Gasteiger partial charge is 0.267 e. The lowest BCUT2D eigenvalue weighted by Crippen LogP contribution is -2.15. The average molecular weight is 294 g/mol. The van der Waals surface area contributed by atoms with Gasteiger partial charge in [0.25, 0.3) is 10.0 Å². The Morgan fingerprint density at radius 1 is 1.30 bits per heavy atom. The lowest BCUT2D eigenvalue weighted by atomic mass is 10.0. The number of aromatic nitrogens is 2. The first kappa shape index (κ1) is 14.4. The summed E-state index contributed by atoms with van der Waals surface area (Å²) >= 11 is 0. The molecule has 0 atom stereocenters. The van der Waals surface area contributed by atoms with Gasteiger partial charge in [-0.25, -0.2) is 8.42 Å². The first-order valence-corrected chi connectivity index (χ1v) is 7.70. The van der Waals surface area contributed by atoms with E-state index in [2.05, 4.69) is 9.82 Å². The zero-order valence-electron chi connectivity index (χ0n) is 11.7. The van der Waals surface area contributed by atoms with Crippen molar-refractivity contribution in [2.75, 3.05) is 10.5 Å². The minimum absolute atomic E-state index is 0.0120. The predicted molar refractivity (Wildman–Crippen MR) is 79.0 cm³/mol. The SMILES string of the molecule is CC(C)c1ccccc1NS(=O)(=O)c1cn(C)nc1N. The average Bonchev–Trinajstić information content (AvgIpc) is 2.69. The Morgan fingerprint density at radius 2 is 1.95 bits per heavy atom. The molecule has 7 heteroatoms. The highest BCUT2D eigenvalue weighted by molar-refractivity contribution is 7.92. The van der Waals surface area contributed by atoms with E-state index in [9.17, 15) is 8.42 Å². The van der Waals surface area contributed by atoms with Crippen LogP contribution in [0.25, 0.3) is 0 Å². The maximum absolute atomic E-state index is 12.4. The second-order valence-corrected chi connectivity index (χ2v) is 6.55. The molecule has 3 N–H and O–H groups in total. The molecule has 1 aromatic heterocycles. The third-order valence-electron chi connectivity index (χ3n) is 2.94. The van der Waals surface area contributed by atoms with Gasteiger partial charge in [0.2, 0.25) is 0 Å². The lowest BCUT2D eigenvalue weighted by Gasteiger charge is -2.14. The third kappa shape index (κ3) is 2.77.